The molecule has 0 aromatic heterocycles. The highest BCUT2D eigenvalue weighted by atomic mass is 14.1. The Hall–Kier alpha value is -0.520. The van der Waals surface area contributed by atoms with Crippen LogP contribution in [0.3, 0.4) is 0 Å². The van der Waals surface area contributed by atoms with Crippen molar-refractivity contribution < 1.29 is 0 Å². The van der Waals surface area contributed by atoms with Crippen LogP contribution in [0.4, 0.5) is 0 Å². The highest BCUT2D eigenvalue weighted by molar-refractivity contribution is 4.93. The molecule has 0 aliphatic heterocycles. The van der Waals surface area contributed by atoms with Gasteiger partial charge in [0.2, 0.25) is 0 Å². The van der Waals surface area contributed by atoms with E-state index in [2.05, 4.69) is 54.7 Å². The lowest BCUT2D eigenvalue weighted by molar-refractivity contribution is 0.573. The van der Waals surface area contributed by atoms with E-state index in [1.165, 1.54) is 49.7 Å². The van der Waals surface area contributed by atoms with E-state index in [9.17, 15) is 0 Å². The zero-order chi connectivity index (χ0) is 22.6. The maximum Gasteiger partial charge on any atom is -0.0237 e. The molecule has 0 amide bonds. The zero-order valence-corrected chi connectivity index (χ0v) is 21.8. The SMILES string of the molecule is C=C(C)C(C)CCCC.C=C(C)C(C)CCCC.CC.CC.CC.CC. The van der Waals surface area contributed by atoms with Crippen molar-refractivity contribution in [2.24, 2.45) is 11.8 Å². The Labute approximate surface area is 172 Å². The fraction of sp³-hybridized carbons (Fsp3) is 0.846. The topological polar surface area (TPSA) is 0 Å². The molecule has 0 aromatic rings. The average molecular weight is 373 g/mol. The maximum absolute atomic E-state index is 3.91. The van der Waals surface area contributed by atoms with E-state index in [1.807, 2.05) is 55.4 Å². The van der Waals surface area contributed by atoms with Gasteiger partial charge in [-0.25, -0.2) is 0 Å². The number of allylic oxidation sites excluding steroid dienone is 2. The van der Waals surface area contributed by atoms with Crippen LogP contribution in [0.5, 0.6) is 0 Å². The molecule has 0 spiro atoms. The molecule has 26 heavy (non-hydrogen) atoms. The van der Waals surface area contributed by atoms with Gasteiger partial charge < -0.3 is 0 Å². The average Bonchev–Trinajstić information content (AvgIpc) is 2.70. The number of unbranched alkanes of at least 4 members (excludes halogenated alkanes) is 2. The van der Waals surface area contributed by atoms with Crippen LogP contribution < -0.4 is 0 Å². The van der Waals surface area contributed by atoms with Crippen LogP contribution in [0, 0.1) is 11.8 Å². The first-order chi connectivity index (χ1) is 12.4. The van der Waals surface area contributed by atoms with Gasteiger partial charge in [0, 0.05) is 0 Å². The van der Waals surface area contributed by atoms with Gasteiger partial charge in [0.05, 0.1) is 0 Å². The molecular weight excluding hydrogens is 312 g/mol. The summed E-state index contributed by atoms with van der Waals surface area (Å²) in [7, 11) is 0. The molecule has 2 atom stereocenters. The first-order valence-corrected chi connectivity index (χ1v) is 11.7. The molecule has 0 saturated heterocycles. The van der Waals surface area contributed by atoms with E-state index in [-0.39, 0.29) is 0 Å². The van der Waals surface area contributed by atoms with Crippen LogP contribution in [-0.2, 0) is 0 Å². The Bertz CT molecular complexity index is 188. The summed E-state index contributed by atoms with van der Waals surface area (Å²) < 4.78 is 0. The summed E-state index contributed by atoms with van der Waals surface area (Å²) in [5, 5.41) is 0. The lowest BCUT2D eigenvalue weighted by Crippen LogP contribution is -1.93. The molecule has 0 rings (SSSR count). The molecule has 0 aliphatic carbocycles. The third-order valence-corrected chi connectivity index (χ3v) is 3.66. The van der Waals surface area contributed by atoms with Crippen molar-refractivity contribution in [3.8, 4) is 0 Å². The van der Waals surface area contributed by atoms with Gasteiger partial charge in [-0.1, -0.05) is 133 Å². The molecule has 0 heterocycles. The van der Waals surface area contributed by atoms with Crippen LogP contribution in [0.2, 0.25) is 0 Å². The Morgan fingerprint density at radius 3 is 0.885 bits per heavy atom. The number of hydrogen-bond donors (Lipinski definition) is 0. The van der Waals surface area contributed by atoms with Crippen LogP contribution in [-0.4, -0.2) is 0 Å². The third-order valence-electron chi connectivity index (χ3n) is 3.66. The van der Waals surface area contributed by atoms with Crippen LogP contribution in [0.25, 0.3) is 0 Å². The van der Waals surface area contributed by atoms with Crippen molar-refractivity contribution in [1.82, 2.24) is 0 Å². The Morgan fingerprint density at radius 2 is 0.769 bits per heavy atom. The molecule has 0 heteroatoms. The molecule has 0 radical (unpaired) electrons. The predicted molar refractivity (Wildman–Crippen MR) is 132 cm³/mol. The van der Waals surface area contributed by atoms with Gasteiger partial charge in [0.1, 0.15) is 0 Å². The standard InChI is InChI=1S/2C9H18.4C2H6/c2*1-5-6-7-9(4)8(2)3;4*1-2/h2*9H,2,5-7H2,1,3-4H3;4*1-2H3. The molecule has 0 N–H and O–H groups in total. The summed E-state index contributed by atoms with van der Waals surface area (Å²) in [5.41, 5.74) is 2.65. The van der Waals surface area contributed by atoms with Crippen molar-refractivity contribution in [3.63, 3.8) is 0 Å². The lowest BCUT2D eigenvalue weighted by Gasteiger charge is -2.08. The first-order valence-electron chi connectivity index (χ1n) is 11.7. The minimum Gasteiger partial charge on any atom is -0.0999 e. The first kappa shape index (κ1) is 40.2. The number of hydrogen-bond acceptors (Lipinski definition) is 0. The van der Waals surface area contributed by atoms with E-state index in [1.54, 1.807) is 0 Å². The van der Waals surface area contributed by atoms with Crippen molar-refractivity contribution in [2.75, 3.05) is 0 Å². The molecule has 0 aliphatic rings. The van der Waals surface area contributed by atoms with E-state index in [4.69, 9.17) is 0 Å². The normalized spacial score (nSPS) is 10.1. The second kappa shape index (κ2) is 44.2. The van der Waals surface area contributed by atoms with Crippen LogP contribution in [0.1, 0.15) is 135 Å². The van der Waals surface area contributed by atoms with Gasteiger partial charge in [0.15, 0.2) is 0 Å². The van der Waals surface area contributed by atoms with Gasteiger partial charge in [-0.15, -0.1) is 0 Å². The number of rotatable bonds is 8. The van der Waals surface area contributed by atoms with Crippen molar-refractivity contribution in [3.05, 3.63) is 24.3 Å². The van der Waals surface area contributed by atoms with Crippen LogP contribution in [0.15, 0.2) is 24.3 Å². The van der Waals surface area contributed by atoms with Crippen LogP contribution >= 0.6 is 0 Å². The van der Waals surface area contributed by atoms with E-state index >= 15 is 0 Å². The van der Waals surface area contributed by atoms with Gasteiger partial charge in [-0.2, -0.15) is 0 Å². The molecule has 0 fully saturated rings. The molecule has 164 valence electrons. The van der Waals surface area contributed by atoms with E-state index in [0.29, 0.717) is 0 Å². The largest absolute Gasteiger partial charge is 0.0999 e. The van der Waals surface area contributed by atoms with Crippen molar-refractivity contribution in [1.29, 1.82) is 0 Å². The minimum absolute atomic E-state index is 0.727. The highest BCUT2D eigenvalue weighted by Crippen LogP contribution is 2.15. The van der Waals surface area contributed by atoms with E-state index in [0.717, 1.165) is 11.8 Å². The summed E-state index contributed by atoms with van der Waals surface area (Å²) >= 11 is 0. The third kappa shape index (κ3) is 49.5. The highest BCUT2D eigenvalue weighted by Gasteiger charge is 1.99. The Kier molecular flexibility index (Phi) is 68.4. The lowest BCUT2D eigenvalue weighted by atomic mass is 9.98. The fourth-order valence-electron chi connectivity index (χ4n) is 1.51. The molecule has 0 aromatic carbocycles. The Balaban J connectivity index is -0.0000000554. The molecular formula is C26H60. The molecule has 0 bridgehead atoms. The molecule has 0 nitrogen and oxygen atoms in total. The quantitative estimate of drug-likeness (QED) is 0.371. The Morgan fingerprint density at radius 1 is 0.577 bits per heavy atom. The molecule has 2 unspecified atom stereocenters. The monoisotopic (exact) mass is 372 g/mol. The van der Waals surface area contributed by atoms with Gasteiger partial charge in [-0.05, 0) is 38.5 Å². The summed E-state index contributed by atoms with van der Waals surface area (Å²) in [6.07, 6.45) is 7.91. The zero-order valence-electron chi connectivity index (χ0n) is 21.8. The predicted octanol–water partition coefficient (Wildman–Crippen LogP) is 10.9. The molecule has 0 saturated carbocycles. The summed E-state index contributed by atoms with van der Waals surface area (Å²) in [4.78, 5) is 0. The van der Waals surface area contributed by atoms with Crippen molar-refractivity contribution in [2.45, 2.75) is 135 Å². The summed E-state index contributed by atoms with van der Waals surface area (Å²) in [5.74, 6) is 1.45. The van der Waals surface area contributed by atoms with Gasteiger partial charge in [-0.3, -0.25) is 0 Å². The summed E-state index contributed by atoms with van der Waals surface area (Å²) in [6.45, 7) is 37.0. The maximum atomic E-state index is 3.91. The smallest absolute Gasteiger partial charge is 0.0237 e. The fourth-order valence-corrected chi connectivity index (χ4v) is 1.51. The second-order valence-corrected chi connectivity index (χ2v) is 5.78. The van der Waals surface area contributed by atoms with E-state index < -0.39 is 0 Å². The summed E-state index contributed by atoms with van der Waals surface area (Å²) in [6, 6.07) is 0. The second-order valence-electron chi connectivity index (χ2n) is 5.78. The van der Waals surface area contributed by atoms with Gasteiger partial charge >= 0.3 is 0 Å². The minimum atomic E-state index is 0.727. The van der Waals surface area contributed by atoms with Gasteiger partial charge in [0.25, 0.3) is 0 Å². The van der Waals surface area contributed by atoms with Crippen molar-refractivity contribution >= 4 is 0 Å².